The fourth-order valence-electron chi connectivity index (χ4n) is 1.57. The zero-order chi connectivity index (χ0) is 12.5. The van der Waals surface area contributed by atoms with Crippen LogP contribution in [0.1, 0.15) is 5.01 Å². The summed E-state index contributed by atoms with van der Waals surface area (Å²) in [5, 5.41) is 5.97. The van der Waals surface area contributed by atoms with Crippen LogP contribution in [0.4, 0.5) is 5.69 Å². The van der Waals surface area contributed by atoms with E-state index in [0.717, 1.165) is 20.8 Å². The van der Waals surface area contributed by atoms with Crippen LogP contribution in [0.25, 0.3) is 10.1 Å². The second-order valence-electron chi connectivity index (χ2n) is 3.61. The third-order valence-corrected chi connectivity index (χ3v) is 4.59. The summed E-state index contributed by atoms with van der Waals surface area (Å²) in [4.78, 5) is 4.18. The highest BCUT2D eigenvalue weighted by atomic mass is 35.5. The van der Waals surface area contributed by atoms with Gasteiger partial charge in [-0.15, -0.1) is 11.3 Å². The highest BCUT2D eigenvalue weighted by molar-refractivity contribution is 7.15. The van der Waals surface area contributed by atoms with E-state index < -0.39 is 0 Å². The highest BCUT2D eigenvalue weighted by Crippen LogP contribution is 2.30. The fraction of sp³-hybridized carbons (Fsp3) is 0.0909. The van der Waals surface area contributed by atoms with Crippen LogP contribution in [0.2, 0.25) is 9.36 Å². The Morgan fingerprint density at radius 2 is 2.11 bits per heavy atom. The number of fused-ring (bicyclic) bond motifs is 1. The van der Waals surface area contributed by atoms with Crippen LogP contribution in [0.15, 0.2) is 24.5 Å². The van der Waals surface area contributed by atoms with Crippen LogP contribution in [-0.4, -0.2) is 9.36 Å². The Morgan fingerprint density at radius 1 is 1.22 bits per heavy atom. The van der Waals surface area contributed by atoms with Crippen LogP contribution in [0.5, 0.6) is 0 Å². The lowest BCUT2D eigenvalue weighted by molar-refractivity contribution is 1.10. The summed E-state index contributed by atoms with van der Waals surface area (Å²) < 4.78 is 5.91. The largest absolute Gasteiger partial charge is 0.377 e. The second kappa shape index (κ2) is 5.01. The summed E-state index contributed by atoms with van der Waals surface area (Å²) in [6.45, 7) is 0.611. The number of halogens is 2. The van der Waals surface area contributed by atoms with Crippen molar-refractivity contribution in [2.45, 2.75) is 6.54 Å². The van der Waals surface area contributed by atoms with Gasteiger partial charge < -0.3 is 5.32 Å². The van der Waals surface area contributed by atoms with Gasteiger partial charge in [0.05, 0.1) is 28.2 Å². The lowest BCUT2D eigenvalue weighted by atomic mass is 10.2. The summed E-state index contributed by atoms with van der Waals surface area (Å²) in [6.07, 6.45) is 3.48. The van der Waals surface area contributed by atoms with Crippen molar-refractivity contribution in [2.75, 3.05) is 5.32 Å². The molecule has 0 amide bonds. The normalized spacial score (nSPS) is 11.0. The van der Waals surface area contributed by atoms with Gasteiger partial charge in [0.15, 0.2) is 0 Å². The van der Waals surface area contributed by atoms with E-state index in [1.54, 1.807) is 6.20 Å². The van der Waals surface area contributed by atoms with Crippen LogP contribution in [0, 0.1) is 0 Å². The first kappa shape index (κ1) is 12.2. The minimum atomic E-state index is 0.611. The number of benzene rings is 1. The van der Waals surface area contributed by atoms with E-state index in [2.05, 4.69) is 14.7 Å². The molecular weight excluding hydrogens is 309 g/mol. The van der Waals surface area contributed by atoms with Crippen molar-refractivity contribution < 1.29 is 0 Å². The van der Waals surface area contributed by atoms with Gasteiger partial charge in [0.25, 0.3) is 0 Å². The molecule has 0 aliphatic rings. The monoisotopic (exact) mass is 315 g/mol. The van der Waals surface area contributed by atoms with Gasteiger partial charge in [-0.3, -0.25) is 0 Å². The molecule has 2 aromatic heterocycles. The number of rotatable bonds is 3. The molecule has 0 bridgehead atoms. The average molecular weight is 316 g/mol. The van der Waals surface area contributed by atoms with Crippen LogP contribution in [-0.2, 0) is 6.54 Å². The minimum absolute atomic E-state index is 0.611. The van der Waals surface area contributed by atoms with Gasteiger partial charge in [0, 0.05) is 11.6 Å². The van der Waals surface area contributed by atoms with Crippen molar-refractivity contribution >= 4 is 61.8 Å². The standard InChI is InChI=1S/C11H7Cl2N3S2/c12-7-2-9-6(3-16-18-9)1-8(7)14-5-11-15-4-10(13)17-11/h1-4,14H,5H2. The van der Waals surface area contributed by atoms with E-state index in [0.29, 0.717) is 15.9 Å². The third-order valence-electron chi connectivity index (χ3n) is 2.40. The van der Waals surface area contributed by atoms with Crippen molar-refractivity contribution in [3.05, 3.63) is 38.9 Å². The van der Waals surface area contributed by atoms with Crippen molar-refractivity contribution in [2.24, 2.45) is 0 Å². The Kier molecular flexibility index (Phi) is 3.39. The maximum atomic E-state index is 6.20. The minimum Gasteiger partial charge on any atom is -0.377 e. The summed E-state index contributed by atoms with van der Waals surface area (Å²) in [5.41, 5.74) is 0.885. The molecule has 0 spiro atoms. The molecule has 0 radical (unpaired) electrons. The number of nitrogens with zero attached hydrogens (tertiary/aromatic N) is 2. The van der Waals surface area contributed by atoms with Crippen molar-refractivity contribution in [1.29, 1.82) is 0 Å². The smallest absolute Gasteiger partial charge is 0.113 e. The summed E-state index contributed by atoms with van der Waals surface area (Å²) in [6, 6.07) is 3.92. The molecule has 3 nitrogen and oxygen atoms in total. The van der Waals surface area contributed by atoms with Crippen LogP contribution >= 0.6 is 46.1 Å². The van der Waals surface area contributed by atoms with Gasteiger partial charge in [-0.2, -0.15) is 4.37 Å². The maximum Gasteiger partial charge on any atom is 0.113 e. The maximum absolute atomic E-state index is 6.20. The fourth-order valence-corrected chi connectivity index (χ4v) is 3.43. The number of aromatic nitrogens is 2. The Bertz CT molecular complexity index is 692. The molecule has 92 valence electrons. The van der Waals surface area contributed by atoms with Gasteiger partial charge in [0.2, 0.25) is 0 Å². The number of hydrogen-bond acceptors (Lipinski definition) is 5. The molecule has 3 rings (SSSR count). The first-order valence-corrected chi connectivity index (χ1v) is 7.45. The highest BCUT2D eigenvalue weighted by Gasteiger charge is 2.06. The van der Waals surface area contributed by atoms with Gasteiger partial charge in [0.1, 0.15) is 9.34 Å². The zero-order valence-electron chi connectivity index (χ0n) is 8.98. The quantitative estimate of drug-likeness (QED) is 0.763. The Hall–Kier alpha value is -0.880. The second-order valence-corrected chi connectivity index (χ2v) is 6.59. The molecule has 1 N–H and O–H groups in total. The number of anilines is 1. The lowest BCUT2D eigenvalue weighted by Crippen LogP contribution is -1.99. The Morgan fingerprint density at radius 3 is 2.89 bits per heavy atom. The van der Waals surface area contributed by atoms with E-state index in [-0.39, 0.29) is 0 Å². The molecular formula is C11H7Cl2N3S2. The predicted molar refractivity (Wildman–Crippen MR) is 79.1 cm³/mol. The van der Waals surface area contributed by atoms with Gasteiger partial charge in [-0.25, -0.2) is 4.98 Å². The van der Waals surface area contributed by atoms with Gasteiger partial charge in [-0.05, 0) is 23.7 Å². The molecule has 7 heteroatoms. The Balaban J connectivity index is 1.83. The molecule has 18 heavy (non-hydrogen) atoms. The number of nitrogens with one attached hydrogen (secondary N) is 1. The Labute approximate surface area is 122 Å². The molecule has 0 atom stereocenters. The molecule has 2 heterocycles. The van der Waals surface area contributed by atoms with E-state index in [9.17, 15) is 0 Å². The van der Waals surface area contributed by atoms with Crippen molar-refractivity contribution in [3.8, 4) is 0 Å². The SMILES string of the molecule is Clc1cnc(CNc2cc3cnsc3cc2Cl)s1. The molecule has 3 aromatic rings. The first-order valence-electron chi connectivity index (χ1n) is 5.10. The number of hydrogen-bond donors (Lipinski definition) is 1. The molecule has 1 aromatic carbocycles. The van der Waals surface area contributed by atoms with E-state index in [1.165, 1.54) is 22.9 Å². The molecule has 0 aliphatic heterocycles. The van der Waals surface area contributed by atoms with Crippen molar-refractivity contribution in [1.82, 2.24) is 9.36 Å². The molecule has 0 saturated carbocycles. The predicted octanol–water partition coefficient (Wildman–Crippen LogP) is 4.67. The molecule has 0 unspecified atom stereocenters. The third kappa shape index (κ3) is 2.44. The number of thiazole rings is 1. The van der Waals surface area contributed by atoms with E-state index in [4.69, 9.17) is 23.2 Å². The summed E-state index contributed by atoms with van der Waals surface area (Å²) in [5.74, 6) is 0. The van der Waals surface area contributed by atoms with E-state index in [1.807, 2.05) is 18.3 Å². The average Bonchev–Trinajstić information content (AvgIpc) is 2.94. The summed E-state index contributed by atoms with van der Waals surface area (Å²) in [7, 11) is 0. The summed E-state index contributed by atoms with van der Waals surface area (Å²) >= 11 is 14.9. The topological polar surface area (TPSA) is 37.8 Å². The van der Waals surface area contributed by atoms with Crippen LogP contribution in [0.3, 0.4) is 0 Å². The molecule has 0 fully saturated rings. The van der Waals surface area contributed by atoms with Gasteiger partial charge >= 0.3 is 0 Å². The lowest BCUT2D eigenvalue weighted by Gasteiger charge is -2.06. The van der Waals surface area contributed by atoms with Gasteiger partial charge in [-0.1, -0.05) is 23.2 Å². The molecule has 0 aliphatic carbocycles. The van der Waals surface area contributed by atoms with Crippen LogP contribution < -0.4 is 5.32 Å². The van der Waals surface area contributed by atoms with E-state index >= 15 is 0 Å². The first-order chi connectivity index (χ1) is 8.72. The van der Waals surface area contributed by atoms with Crippen molar-refractivity contribution in [3.63, 3.8) is 0 Å². The molecule has 0 saturated heterocycles. The zero-order valence-corrected chi connectivity index (χ0v) is 12.1.